The molecular formula is C27H26ClNO4. The smallest absolute Gasteiger partial charge is 0.185 e. The lowest BCUT2D eigenvalue weighted by Gasteiger charge is -2.28. The molecule has 0 bridgehead atoms. The van der Waals surface area contributed by atoms with E-state index in [0.717, 1.165) is 48.9 Å². The van der Waals surface area contributed by atoms with Crippen LogP contribution < -0.4 is 14.4 Å². The number of morpholine rings is 1. The lowest BCUT2D eigenvalue weighted by molar-refractivity contribution is 0.104. The van der Waals surface area contributed by atoms with Crippen LogP contribution in [0.5, 0.6) is 11.5 Å². The van der Waals surface area contributed by atoms with Crippen LogP contribution in [-0.2, 0) is 11.3 Å². The van der Waals surface area contributed by atoms with Gasteiger partial charge < -0.3 is 19.1 Å². The predicted molar refractivity (Wildman–Crippen MR) is 132 cm³/mol. The summed E-state index contributed by atoms with van der Waals surface area (Å²) < 4.78 is 16.7. The number of benzene rings is 3. The fourth-order valence-corrected chi connectivity index (χ4v) is 3.84. The van der Waals surface area contributed by atoms with Crippen LogP contribution in [0.2, 0.25) is 5.02 Å². The Hall–Kier alpha value is -3.28. The molecule has 0 aliphatic carbocycles. The third-order valence-electron chi connectivity index (χ3n) is 5.45. The molecule has 0 amide bonds. The highest BCUT2D eigenvalue weighted by Crippen LogP contribution is 2.24. The second-order valence-corrected chi connectivity index (χ2v) is 8.10. The predicted octanol–water partition coefficient (Wildman–Crippen LogP) is 5.66. The van der Waals surface area contributed by atoms with Crippen molar-refractivity contribution < 1.29 is 19.0 Å². The lowest BCUT2D eigenvalue weighted by Crippen LogP contribution is -2.36. The number of carbonyl (C=O) groups is 1. The number of methoxy groups -OCH3 is 1. The summed E-state index contributed by atoms with van der Waals surface area (Å²) in [6.07, 6.45) is 3.40. The maximum absolute atomic E-state index is 12.7. The maximum atomic E-state index is 12.7. The van der Waals surface area contributed by atoms with E-state index < -0.39 is 0 Å². The number of carbonyl (C=O) groups excluding carboxylic acids is 1. The van der Waals surface area contributed by atoms with E-state index in [4.69, 9.17) is 25.8 Å². The van der Waals surface area contributed by atoms with Crippen LogP contribution in [-0.4, -0.2) is 39.2 Å². The molecule has 3 aromatic rings. The molecule has 4 rings (SSSR count). The number of hydrogen-bond acceptors (Lipinski definition) is 5. The van der Waals surface area contributed by atoms with Gasteiger partial charge in [-0.2, -0.15) is 0 Å². The van der Waals surface area contributed by atoms with E-state index in [-0.39, 0.29) is 5.78 Å². The molecule has 3 aromatic carbocycles. The third kappa shape index (κ3) is 6.15. The number of ether oxygens (including phenoxy) is 3. The minimum atomic E-state index is -0.0453. The summed E-state index contributed by atoms with van der Waals surface area (Å²) in [5, 5.41) is 0.618. The first kappa shape index (κ1) is 22.9. The molecule has 0 unspecified atom stereocenters. The minimum absolute atomic E-state index is 0.0453. The summed E-state index contributed by atoms with van der Waals surface area (Å²) in [7, 11) is 1.62. The number of hydrogen-bond donors (Lipinski definition) is 0. The number of rotatable bonds is 8. The van der Waals surface area contributed by atoms with Crippen molar-refractivity contribution in [2.24, 2.45) is 0 Å². The number of anilines is 1. The van der Waals surface area contributed by atoms with Crippen molar-refractivity contribution in [1.82, 2.24) is 0 Å². The highest BCUT2D eigenvalue weighted by molar-refractivity contribution is 6.30. The second kappa shape index (κ2) is 11.0. The number of nitrogens with zero attached hydrogens (tertiary/aromatic N) is 1. The number of allylic oxidation sites excluding steroid dienone is 1. The molecule has 1 aliphatic heterocycles. The fourth-order valence-electron chi connectivity index (χ4n) is 3.66. The molecule has 0 N–H and O–H groups in total. The molecule has 0 saturated carbocycles. The van der Waals surface area contributed by atoms with Gasteiger partial charge in [-0.05, 0) is 66.2 Å². The topological polar surface area (TPSA) is 48.0 Å². The Kier molecular flexibility index (Phi) is 7.66. The van der Waals surface area contributed by atoms with Gasteiger partial charge in [0.2, 0.25) is 0 Å². The molecule has 6 heteroatoms. The van der Waals surface area contributed by atoms with Crippen LogP contribution in [0, 0.1) is 0 Å². The highest BCUT2D eigenvalue weighted by Gasteiger charge is 2.12. The largest absolute Gasteiger partial charge is 0.496 e. The Morgan fingerprint density at radius 3 is 2.58 bits per heavy atom. The summed E-state index contributed by atoms with van der Waals surface area (Å²) in [4.78, 5) is 14.9. The van der Waals surface area contributed by atoms with E-state index in [1.807, 2.05) is 54.6 Å². The van der Waals surface area contributed by atoms with E-state index in [1.165, 1.54) is 0 Å². The van der Waals surface area contributed by atoms with Crippen LogP contribution in [0.15, 0.2) is 72.8 Å². The molecule has 0 aromatic heterocycles. The quantitative estimate of drug-likeness (QED) is 0.318. The van der Waals surface area contributed by atoms with Crippen LogP contribution >= 0.6 is 11.6 Å². The van der Waals surface area contributed by atoms with Crippen molar-refractivity contribution >= 4 is 29.1 Å². The summed E-state index contributed by atoms with van der Waals surface area (Å²) in [6.45, 7) is 3.53. The van der Waals surface area contributed by atoms with Gasteiger partial charge in [-0.3, -0.25) is 4.79 Å². The van der Waals surface area contributed by atoms with Gasteiger partial charge in [0.05, 0.1) is 20.3 Å². The zero-order valence-corrected chi connectivity index (χ0v) is 19.3. The molecule has 1 aliphatic rings. The Morgan fingerprint density at radius 2 is 1.85 bits per heavy atom. The maximum Gasteiger partial charge on any atom is 0.185 e. The zero-order chi connectivity index (χ0) is 23.0. The first-order valence-corrected chi connectivity index (χ1v) is 11.2. The van der Waals surface area contributed by atoms with Crippen molar-refractivity contribution in [2.75, 3.05) is 38.3 Å². The molecule has 1 saturated heterocycles. The van der Waals surface area contributed by atoms with Gasteiger partial charge >= 0.3 is 0 Å². The van der Waals surface area contributed by atoms with E-state index in [9.17, 15) is 4.79 Å². The number of halogens is 1. The van der Waals surface area contributed by atoms with E-state index in [1.54, 1.807) is 31.4 Å². The van der Waals surface area contributed by atoms with Crippen LogP contribution in [0.25, 0.3) is 6.08 Å². The van der Waals surface area contributed by atoms with E-state index in [0.29, 0.717) is 22.9 Å². The Bertz CT molecular complexity index is 1120. The van der Waals surface area contributed by atoms with Crippen molar-refractivity contribution in [3.8, 4) is 11.5 Å². The van der Waals surface area contributed by atoms with Crippen molar-refractivity contribution in [1.29, 1.82) is 0 Å². The third-order valence-corrected chi connectivity index (χ3v) is 5.69. The van der Waals surface area contributed by atoms with Gasteiger partial charge in [-0.15, -0.1) is 0 Å². The van der Waals surface area contributed by atoms with Gasteiger partial charge in [0, 0.05) is 34.9 Å². The molecule has 1 heterocycles. The Balaban J connectivity index is 1.42. The van der Waals surface area contributed by atoms with Gasteiger partial charge in [0.1, 0.15) is 18.1 Å². The molecular weight excluding hydrogens is 438 g/mol. The first-order valence-electron chi connectivity index (χ1n) is 10.8. The van der Waals surface area contributed by atoms with Gasteiger partial charge in [-0.25, -0.2) is 0 Å². The Morgan fingerprint density at radius 1 is 1.06 bits per heavy atom. The standard InChI is InChI=1S/C27H26ClNO4/c1-31-27-12-6-20(17-22(27)19-33-25-4-2-3-23(28)18-25)5-11-26(30)21-7-9-24(10-8-21)29-13-15-32-16-14-29/h2-12,17-18H,13-16,19H2,1H3/b11-5+. The van der Waals surface area contributed by atoms with E-state index in [2.05, 4.69) is 4.90 Å². The van der Waals surface area contributed by atoms with Crippen molar-refractivity contribution in [2.45, 2.75) is 6.61 Å². The van der Waals surface area contributed by atoms with E-state index >= 15 is 0 Å². The summed E-state index contributed by atoms with van der Waals surface area (Å²) >= 11 is 6.03. The van der Waals surface area contributed by atoms with Crippen molar-refractivity contribution in [3.63, 3.8) is 0 Å². The molecule has 0 radical (unpaired) electrons. The average Bonchev–Trinajstić information content (AvgIpc) is 2.86. The lowest BCUT2D eigenvalue weighted by atomic mass is 10.1. The highest BCUT2D eigenvalue weighted by atomic mass is 35.5. The van der Waals surface area contributed by atoms with Gasteiger partial charge in [0.25, 0.3) is 0 Å². The molecule has 33 heavy (non-hydrogen) atoms. The summed E-state index contributed by atoms with van der Waals surface area (Å²) in [5.41, 5.74) is 3.53. The van der Waals surface area contributed by atoms with Gasteiger partial charge in [-0.1, -0.05) is 29.8 Å². The first-order chi connectivity index (χ1) is 16.1. The molecule has 1 fully saturated rings. The average molecular weight is 464 g/mol. The molecule has 0 atom stereocenters. The molecule has 170 valence electrons. The molecule has 0 spiro atoms. The summed E-state index contributed by atoms with van der Waals surface area (Å²) in [5.74, 6) is 1.36. The van der Waals surface area contributed by atoms with Gasteiger partial charge in [0.15, 0.2) is 5.78 Å². The monoisotopic (exact) mass is 463 g/mol. The van der Waals surface area contributed by atoms with Crippen LogP contribution in [0.1, 0.15) is 21.5 Å². The molecule has 5 nitrogen and oxygen atoms in total. The summed E-state index contributed by atoms with van der Waals surface area (Å²) in [6, 6.07) is 20.7. The minimum Gasteiger partial charge on any atom is -0.496 e. The second-order valence-electron chi connectivity index (χ2n) is 7.66. The SMILES string of the molecule is COc1ccc(/C=C/C(=O)c2ccc(N3CCOCC3)cc2)cc1COc1cccc(Cl)c1. The van der Waals surface area contributed by atoms with Crippen LogP contribution in [0.3, 0.4) is 0 Å². The Labute approximate surface area is 199 Å². The fraction of sp³-hybridized carbons (Fsp3) is 0.222. The van der Waals surface area contributed by atoms with Crippen molar-refractivity contribution in [3.05, 3.63) is 94.5 Å². The normalized spacial score (nSPS) is 13.8. The number of ketones is 1. The zero-order valence-electron chi connectivity index (χ0n) is 18.5. The van der Waals surface area contributed by atoms with Crippen LogP contribution in [0.4, 0.5) is 5.69 Å².